The van der Waals surface area contributed by atoms with E-state index in [2.05, 4.69) is 5.10 Å². The van der Waals surface area contributed by atoms with E-state index < -0.39 is 5.60 Å². The molecule has 0 bridgehead atoms. The lowest BCUT2D eigenvalue weighted by atomic mass is 9.88. The average molecular weight is 285 g/mol. The number of aryl methyl sites for hydroxylation is 1. The quantitative estimate of drug-likeness (QED) is 0.682. The smallest absolute Gasteiger partial charge is 0.213 e. The fourth-order valence-electron chi connectivity index (χ4n) is 2.73. The maximum absolute atomic E-state index is 12.7. The summed E-state index contributed by atoms with van der Waals surface area (Å²) in [7, 11) is 0. The highest BCUT2D eigenvalue weighted by atomic mass is 35.5. The zero-order valence-corrected chi connectivity index (χ0v) is 12.1. The van der Waals surface area contributed by atoms with Crippen molar-refractivity contribution < 1.29 is 9.90 Å². The van der Waals surface area contributed by atoms with Gasteiger partial charge in [0.25, 0.3) is 0 Å². The van der Waals surface area contributed by atoms with Crippen LogP contribution >= 0.6 is 11.6 Å². The predicted octanol–water partition coefficient (Wildman–Crippen LogP) is 3.21. The maximum atomic E-state index is 12.7. The number of aliphatic hydroxyl groups is 1. The van der Waals surface area contributed by atoms with Crippen LogP contribution < -0.4 is 0 Å². The van der Waals surface area contributed by atoms with Crippen molar-refractivity contribution in [1.29, 1.82) is 0 Å². The number of aromatic nitrogens is 2. The van der Waals surface area contributed by atoms with E-state index in [-0.39, 0.29) is 5.78 Å². The van der Waals surface area contributed by atoms with Crippen molar-refractivity contribution in [3.05, 3.63) is 16.9 Å². The van der Waals surface area contributed by atoms with Crippen LogP contribution in [0.1, 0.15) is 62.4 Å². The topological polar surface area (TPSA) is 55.1 Å². The number of carbonyl (C=O) groups is 1. The van der Waals surface area contributed by atoms with E-state index in [1.54, 1.807) is 4.68 Å². The van der Waals surface area contributed by atoms with Crippen molar-refractivity contribution in [2.75, 3.05) is 0 Å². The van der Waals surface area contributed by atoms with Crippen molar-refractivity contribution >= 4 is 17.4 Å². The molecular weight excluding hydrogens is 264 g/mol. The molecule has 1 N–H and O–H groups in total. The molecule has 5 heteroatoms. The summed E-state index contributed by atoms with van der Waals surface area (Å²) in [6.45, 7) is 2.66. The highest BCUT2D eigenvalue weighted by molar-refractivity contribution is 6.34. The number of hydrogen-bond donors (Lipinski definition) is 1. The van der Waals surface area contributed by atoms with Gasteiger partial charge in [0, 0.05) is 6.54 Å². The molecule has 106 valence electrons. The van der Waals surface area contributed by atoms with E-state index in [0.29, 0.717) is 30.1 Å². The minimum atomic E-state index is -1.26. The molecule has 0 aliphatic heterocycles. The van der Waals surface area contributed by atoms with Gasteiger partial charge in [-0.2, -0.15) is 5.10 Å². The molecule has 0 radical (unpaired) electrons. The normalized spacial score (nSPS) is 19.1. The first-order valence-corrected chi connectivity index (χ1v) is 7.45. The summed E-state index contributed by atoms with van der Waals surface area (Å²) in [5.74, 6) is -0.259. The van der Waals surface area contributed by atoms with Crippen LogP contribution in [0.25, 0.3) is 0 Å². The molecule has 1 aliphatic carbocycles. The van der Waals surface area contributed by atoms with Crippen LogP contribution in [0, 0.1) is 0 Å². The molecule has 0 spiro atoms. The fourth-order valence-corrected chi connectivity index (χ4v) is 2.96. The first kappa shape index (κ1) is 14.5. The zero-order valence-electron chi connectivity index (χ0n) is 11.4. The summed E-state index contributed by atoms with van der Waals surface area (Å²) in [5.41, 5.74) is -0.890. The number of halogens is 1. The summed E-state index contributed by atoms with van der Waals surface area (Å²) >= 11 is 6.08. The Bertz CT molecular complexity index is 448. The zero-order chi connectivity index (χ0) is 13.9. The van der Waals surface area contributed by atoms with Crippen molar-refractivity contribution in [1.82, 2.24) is 9.78 Å². The Morgan fingerprint density at radius 3 is 2.63 bits per heavy atom. The molecule has 2 rings (SSSR count). The fraction of sp³-hybridized carbons (Fsp3) is 0.714. The molecule has 19 heavy (non-hydrogen) atoms. The van der Waals surface area contributed by atoms with Crippen molar-refractivity contribution in [2.24, 2.45) is 0 Å². The van der Waals surface area contributed by atoms with Crippen LogP contribution in [0.2, 0.25) is 5.02 Å². The molecule has 0 atom stereocenters. The molecule has 0 amide bonds. The van der Waals surface area contributed by atoms with Crippen molar-refractivity contribution in [3.63, 3.8) is 0 Å². The van der Waals surface area contributed by atoms with Gasteiger partial charge in [0.1, 0.15) is 11.3 Å². The second-order valence-electron chi connectivity index (χ2n) is 5.34. The third-order valence-corrected chi connectivity index (χ3v) is 4.08. The van der Waals surface area contributed by atoms with Gasteiger partial charge in [0.15, 0.2) is 0 Å². The number of carbonyl (C=O) groups excluding carboxylic acids is 1. The molecule has 1 fully saturated rings. The van der Waals surface area contributed by atoms with Gasteiger partial charge < -0.3 is 5.11 Å². The van der Waals surface area contributed by atoms with Gasteiger partial charge in [0.05, 0.1) is 11.2 Å². The van der Waals surface area contributed by atoms with Gasteiger partial charge in [-0.1, -0.05) is 44.2 Å². The Morgan fingerprint density at radius 2 is 2.05 bits per heavy atom. The third-order valence-electron chi connectivity index (χ3n) is 3.80. The lowest BCUT2D eigenvalue weighted by molar-refractivity contribution is 0.0227. The van der Waals surface area contributed by atoms with Crippen LogP contribution in [0.5, 0.6) is 0 Å². The SMILES string of the molecule is CCCn1ncc(Cl)c1C(=O)C1(O)CCCCCC1. The van der Waals surface area contributed by atoms with Crippen LogP contribution in [0.15, 0.2) is 6.20 Å². The third kappa shape index (κ3) is 3.00. The van der Waals surface area contributed by atoms with Gasteiger partial charge in [-0.3, -0.25) is 9.48 Å². The molecular formula is C14H21ClN2O2. The van der Waals surface area contributed by atoms with Crippen LogP contribution in [0.4, 0.5) is 0 Å². The molecule has 1 saturated carbocycles. The van der Waals surface area contributed by atoms with Crippen LogP contribution in [-0.2, 0) is 6.54 Å². The first-order valence-electron chi connectivity index (χ1n) is 7.07. The van der Waals surface area contributed by atoms with Crippen LogP contribution in [-0.4, -0.2) is 26.3 Å². The summed E-state index contributed by atoms with van der Waals surface area (Å²) in [6.07, 6.45) is 7.36. The van der Waals surface area contributed by atoms with Gasteiger partial charge in [-0.05, 0) is 19.3 Å². The Balaban J connectivity index is 2.29. The summed E-state index contributed by atoms with van der Waals surface area (Å²) in [4.78, 5) is 12.7. The largest absolute Gasteiger partial charge is 0.382 e. The van der Waals surface area contributed by atoms with Gasteiger partial charge in [-0.15, -0.1) is 0 Å². The Kier molecular flexibility index (Phi) is 4.63. The predicted molar refractivity (Wildman–Crippen MR) is 74.5 cm³/mol. The van der Waals surface area contributed by atoms with E-state index in [4.69, 9.17) is 11.6 Å². The number of hydrogen-bond acceptors (Lipinski definition) is 3. The first-order chi connectivity index (χ1) is 9.08. The number of ketones is 1. The van der Waals surface area contributed by atoms with Crippen LogP contribution in [0.3, 0.4) is 0 Å². The Labute approximate surface area is 118 Å². The van der Waals surface area contributed by atoms with Gasteiger partial charge in [0.2, 0.25) is 5.78 Å². The molecule has 0 unspecified atom stereocenters. The Morgan fingerprint density at radius 1 is 1.42 bits per heavy atom. The monoisotopic (exact) mass is 284 g/mol. The lowest BCUT2D eigenvalue weighted by Crippen LogP contribution is -2.39. The summed E-state index contributed by atoms with van der Waals surface area (Å²) < 4.78 is 1.62. The molecule has 1 aliphatic rings. The summed E-state index contributed by atoms with van der Waals surface area (Å²) in [6, 6.07) is 0. The molecule has 0 saturated heterocycles. The van der Waals surface area contributed by atoms with Crippen molar-refractivity contribution in [3.8, 4) is 0 Å². The highest BCUT2D eigenvalue weighted by Crippen LogP contribution is 2.32. The molecule has 0 aromatic carbocycles. The average Bonchev–Trinajstić information content (AvgIpc) is 2.61. The molecule has 4 nitrogen and oxygen atoms in total. The van der Waals surface area contributed by atoms with E-state index in [9.17, 15) is 9.90 Å². The minimum Gasteiger partial charge on any atom is -0.382 e. The second kappa shape index (κ2) is 6.06. The lowest BCUT2D eigenvalue weighted by Gasteiger charge is -2.25. The van der Waals surface area contributed by atoms with E-state index in [0.717, 1.165) is 32.1 Å². The molecule has 1 aromatic rings. The molecule has 1 aromatic heterocycles. The Hall–Kier alpha value is -0.870. The van der Waals surface area contributed by atoms with E-state index in [1.807, 2.05) is 6.92 Å². The van der Waals surface area contributed by atoms with E-state index in [1.165, 1.54) is 6.20 Å². The standard InChI is InChI=1S/C14H21ClN2O2/c1-2-9-17-12(11(15)10-16-17)13(18)14(19)7-5-3-4-6-8-14/h10,19H,2-9H2,1H3. The number of Topliss-reactive ketones (excluding diaryl/α,β-unsaturated/α-hetero) is 1. The number of rotatable bonds is 4. The second-order valence-corrected chi connectivity index (χ2v) is 5.75. The number of nitrogens with zero attached hydrogens (tertiary/aromatic N) is 2. The summed E-state index contributed by atoms with van der Waals surface area (Å²) in [5, 5.41) is 15.1. The van der Waals surface area contributed by atoms with Crippen molar-refractivity contribution in [2.45, 2.75) is 64.0 Å². The van der Waals surface area contributed by atoms with Gasteiger partial charge in [-0.25, -0.2) is 0 Å². The van der Waals surface area contributed by atoms with Gasteiger partial charge >= 0.3 is 0 Å². The highest BCUT2D eigenvalue weighted by Gasteiger charge is 2.39. The van der Waals surface area contributed by atoms with E-state index >= 15 is 0 Å². The minimum absolute atomic E-state index is 0.259. The maximum Gasteiger partial charge on any atom is 0.213 e. The molecule has 1 heterocycles.